The van der Waals surface area contributed by atoms with Crippen molar-refractivity contribution in [2.45, 2.75) is 6.92 Å². The number of carbonyl (C=O) groups is 1. The fourth-order valence-electron chi connectivity index (χ4n) is 1.49. The quantitative estimate of drug-likeness (QED) is 0.648. The highest BCUT2D eigenvalue weighted by Crippen LogP contribution is 2.30. The van der Waals surface area contributed by atoms with Gasteiger partial charge in [-0.1, -0.05) is 11.6 Å². The third kappa shape index (κ3) is 2.28. The Labute approximate surface area is 108 Å². The van der Waals surface area contributed by atoms with Crippen LogP contribution in [0.2, 0.25) is 4.34 Å². The predicted octanol–water partition coefficient (Wildman–Crippen LogP) is 3.11. The van der Waals surface area contributed by atoms with E-state index in [9.17, 15) is 4.79 Å². The van der Waals surface area contributed by atoms with Crippen LogP contribution in [0, 0.1) is 6.92 Å². The molecular weight excluding hydrogens is 256 g/mol. The van der Waals surface area contributed by atoms with Crippen LogP contribution in [0.25, 0.3) is 0 Å². The number of ketones is 1. The van der Waals surface area contributed by atoms with Crippen molar-refractivity contribution in [3.63, 3.8) is 0 Å². The Morgan fingerprint density at radius 1 is 1.29 bits per heavy atom. The highest BCUT2D eigenvalue weighted by atomic mass is 35.5. The van der Waals surface area contributed by atoms with Crippen LogP contribution in [0.4, 0.5) is 11.4 Å². The molecule has 1 heterocycles. The highest BCUT2D eigenvalue weighted by Gasteiger charge is 2.16. The molecule has 0 saturated carbocycles. The predicted molar refractivity (Wildman–Crippen MR) is 72.8 cm³/mol. The van der Waals surface area contributed by atoms with Crippen LogP contribution in [-0.4, -0.2) is 5.78 Å². The van der Waals surface area contributed by atoms with E-state index in [2.05, 4.69) is 0 Å². The van der Waals surface area contributed by atoms with Crippen molar-refractivity contribution in [3.8, 4) is 0 Å². The summed E-state index contributed by atoms with van der Waals surface area (Å²) in [7, 11) is 0. The Hall–Kier alpha value is -1.52. The Bertz CT molecular complexity index is 573. The Morgan fingerprint density at radius 2 is 2.00 bits per heavy atom. The molecule has 0 aliphatic heterocycles. The molecule has 4 N–H and O–H groups in total. The molecule has 5 heteroatoms. The van der Waals surface area contributed by atoms with Gasteiger partial charge in [-0.2, -0.15) is 0 Å². The first-order valence-electron chi connectivity index (χ1n) is 4.94. The third-order valence-corrected chi connectivity index (χ3v) is 3.96. The van der Waals surface area contributed by atoms with Crippen molar-refractivity contribution in [3.05, 3.63) is 44.6 Å². The fourth-order valence-corrected chi connectivity index (χ4v) is 2.65. The van der Waals surface area contributed by atoms with Gasteiger partial charge in [0, 0.05) is 16.9 Å². The SMILES string of the molecule is Cc1cc(C(=O)c2ccc(N)cc2N)sc1Cl. The summed E-state index contributed by atoms with van der Waals surface area (Å²) >= 11 is 7.20. The van der Waals surface area contributed by atoms with E-state index in [1.807, 2.05) is 6.92 Å². The summed E-state index contributed by atoms with van der Waals surface area (Å²) in [6, 6.07) is 6.64. The standard InChI is InChI=1S/C12H11ClN2OS/c1-6-4-10(17-12(6)13)11(16)8-3-2-7(14)5-9(8)15/h2-5H,14-15H2,1H3. The molecule has 2 rings (SSSR count). The number of thiophene rings is 1. The number of aryl methyl sites for hydroxylation is 1. The van der Waals surface area contributed by atoms with Crippen molar-refractivity contribution < 1.29 is 4.79 Å². The van der Waals surface area contributed by atoms with Gasteiger partial charge in [-0.25, -0.2) is 0 Å². The van der Waals surface area contributed by atoms with Crippen LogP contribution in [0.15, 0.2) is 24.3 Å². The number of hydrogen-bond acceptors (Lipinski definition) is 4. The van der Waals surface area contributed by atoms with Gasteiger partial charge in [0.1, 0.15) is 0 Å². The largest absolute Gasteiger partial charge is 0.399 e. The Kier molecular flexibility index (Phi) is 3.09. The minimum atomic E-state index is -0.123. The van der Waals surface area contributed by atoms with Crippen molar-refractivity contribution in [1.82, 2.24) is 0 Å². The van der Waals surface area contributed by atoms with Gasteiger partial charge in [-0.3, -0.25) is 4.79 Å². The van der Waals surface area contributed by atoms with E-state index in [1.165, 1.54) is 11.3 Å². The zero-order valence-corrected chi connectivity index (χ0v) is 10.7. The molecule has 0 unspecified atom stereocenters. The van der Waals surface area contributed by atoms with Crippen LogP contribution >= 0.6 is 22.9 Å². The molecule has 0 saturated heterocycles. The average Bonchev–Trinajstić information content (AvgIpc) is 2.58. The van der Waals surface area contributed by atoms with Gasteiger partial charge in [0.15, 0.2) is 0 Å². The normalized spacial score (nSPS) is 10.5. The lowest BCUT2D eigenvalue weighted by atomic mass is 10.1. The molecule has 0 radical (unpaired) electrons. The highest BCUT2D eigenvalue weighted by molar-refractivity contribution is 7.18. The van der Waals surface area contributed by atoms with Gasteiger partial charge in [-0.15, -0.1) is 11.3 Å². The zero-order chi connectivity index (χ0) is 12.6. The van der Waals surface area contributed by atoms with Gasteiger partial charge in [0.25, 0.3) is 0 Å². The van der Waals surface area contributed by atoms with Gasteiger partial charge < -0.3 is 11.5 Å². The number of rotatable bonds is 2. The lowest BCUT2D eigenvalue weighted by Crippen LogP contribution is -2.04. The first-order chi connectivity index (χ1) is 7.99. The smallest absolute Gasteiger partial charge is 0.205 e. The molecule has 0 aliphatic rings. The van der Waals surface area contributed by atoms with E-state index in [-0.39, 0.29) is 5.78 Å². The summed E-state index contributed by atoms with van der Waals surface area (Å²) in [5.74, 6) is -0.123. The van der Waals surface area contributed by atoms with Crippen LogP contribution in [-0.2, 0) is 0 Å². The monoisotopic (exact) mass is 266 g/mol. The summed E-state index contributed by atoms with van der Waals surface area (Å²) in [5, 5.41) is 0. The van der Waals surface area contributed by atoms with E-state index in [1.54, 1.807) is 24.3 Å². The van der Waals surface area contributed by atoms with E-state index in [0.29, 0.717) is 26.2 Å². The Balaban J connectivity index is 2.43. The summed E-state index contributed by atoms with van der Waals surface area (Å²) in [6.07, 6.45) is 0. The minimum Gasteiger partial charge on any atom is -0.399 e. The molecule has 17 heavy (non-hydrogen) atoms. The number of nitrogen functional groups attached to an aromatic ring is 2. The van der Waals surface area contributed by atoms with Crippen molar-refractivity contribution in [2.75, 3.05) is 11.5 Å². The van der Waals surface area contributed by atoms with Crippen LogP contribution in [0.3, 0.4) is 0 Å². The van der Waals surface area contributed by atoms with E-state index in [0.717, 1.165) is 5.56 Å². The van der Waals surface area contributed by atoms with Gasteiger partial charge in [0.05, 0.1) is 9.21 Å². The number of hydrogen-bond donors (Lipinski definition) is 2. The van der Waals surface area contributed by atoms with Crippen molar-refractivity contribution >= 4 is 40.1 Å². The third-order valence-electron chi connectivity index (χ3n) is 2.40. The average molecular weight is 267 g/mol. The topological polar surface area (TPSA) is 69.1 Å². The maximum Gasteiger partial charge on any atom is 0.205 e. The van der Waals surface area contributed by atoms with E-state index >= 15 is 0 Å². The molecule has 88 valence electrons. The molecular formula is C12H11ClN2OS. The lowest BCUT2D eigenvalue weighted by Gasteiger charge is -2.03. The first kappa shape index (κ1) is 12.0. The number of carbonyl (C=O) groups excluding carboxylic acids is 1. The van der Waals surface area contributed by atoms with Gasteiger partial charge in [-0.05, 0) is 36.8 Å². The number of nitrogens with two attached hydrogens (primary N) is 2. The minimum absolute atomic E-state index is 0.123. The second kappa shape index (κ2) is 4.39. The molecule has 0 aliphatic carbocycles. The van der Waals surface area contributed by atoms with E-state index < -0.39 is 0 Å². The molecule has 0 fully saturated rings. The van der Waals surface area contributed by atoms with E-state index in [4.69, 9.17) is 23.1 Å². The van der Waals surface area contributed by atoms with Crippen molar-refractivity contribution in [2.24, 2.45) is 0 Å². The van der Waals surface area contributed by atoms with Gasteiger partial charge in [0.2, 0.25) is 5.78 Å². The number of anilines is 2. The molecule has 1 aromatic carbocycles. The molecule has 1 aromatic heterocycles. The molecule has 0 bridgehead atoms. The maximum atomic E-state index is 12.2. The second-order valence-corrected chi connectivity index (χ2v) is 5.40. The molecule has 0 amide bonds. The second-order valence-electron chi connectivity index (χ2n) is 3.74. The van der Waals surface area contributed by atoms with Crippen LogP contribution in [0.5, 0.6) is 0 Å². The summed E-state index contributed by atoms with van der Waals surface area (Å²) in [4.78, 5) is 12.8. The first-order valence-corrected chi connectivity index (χ1v) is 6.14. The summed E-state index contributed by atoms with van der Waals surface area (Å²) in [6.45, 7) is 1.86. The molecule has 3 nitrogen and oxygen atoms in total. The van der Waals surface area contributed by atoms with Crippen LogP contribution in [0.1, 0.15) is 20.8 Å². The van der Waals surface area contributed by atoms with Gasteiger partial charge >= 0.3 is 0 Å². The Morgan fingerprint density at radius 3 is 2.53 bits per heavy atom. The molecule has 2 aromatic rings. The maximum absolute atomic E-state index is 12.2. The zero-order valence-electron chi connectivity index (χ0n) is 9.16. The van der Waals surface area contributed by atoms with Crippen molar-refractivity contribution in [1.29, 1.82) is 0 Å². The summed E-state index contributed by atoms with van der Waals surface area (Å²) < 4.78 is 0.627. The molecule has 0 atom stereocenters. The lowest BCUT2D eigenvalue weighted by molar-refractivity contribution is 0.104. The number of benzene rings is 1. The fraction of sp³-hybridized carbons (Fsp3) is 0.0833. The molecule has 0 spiro atoms. The summed E-state index contributed by atoms with van der Waals surface area (Å²) in [5.41, 5.74) is 13.6. The number of halogens is 1. The van der Waals surface area contributed by atoms with Crippen LogP contribution < -0.4 is 11.5 Å².